The zero-order valence-electron chi connectivity index (χ0n) is 17.7. The number of hydrogen-bond acceptors (Lipinski definition) is 8. The third-order valence-corrected chi connectivity index (χ3v) is 7.53. The predicted molar refractivity (Wildman–Crippen MR) is 127 cm³/mol. The molecule has 0 bridgehead atoms. The van der Waals surface area contributed by atoms with Crippen LogP contribution in [0.15, 0.2) is 62.3 Å². The van der Waals surface area contributed by atoms with Crippen LogP contribution < -0.4 is 5.56 Å². The Balaban J connectivity index is 1.38. The van der Waals surface area contributed by atoms with Crippen molar-refractivity contribution in [1.29, 1.82) is 0 Å². The van der Waals surface area contributed by atoms with E-state index < -0.39 is 0 Å². The molecule has 0 aliphatic carbocycles. The molecule has 3 aliphatic rings. The van der Waals surface area contributed by atoms with Crippen LogP contribution in [0.2, 0.25) is 0 Å². The molecule has 0 fully saturated rings. The van der Waals surface area contributed by atoms with Gasteiger partial charge in [0.1, 0.15) is 5.56 Å². The Morgan fingerprint density at radius 3 is 2.82 bits per heavy atom. The van der Waals surface area contributed by atoms with Gasteiger partial charge >= 0.3 is 0 Å². The van der Waals surface area contributed by atoms with Crippen molar-refractivity contribution in [3.63, 3.8) is 0 Å². The molecular weight excluding hydrogens is 456 g/mol. The zero-order valence-corrected chi connectivity index (χ0v) is 19.3. The predicted octanol–water partition coefficient (Wildman–Crippen LogP) is 4.66. The van der Waals surface area contributed by atoms with Gasteiger partial charge in [0, 0.05) is 12.2 Å². The summed E-state index contributed by atoms with van der Waals surface area (Å²) in [5, 5.41) is 11.5. The fraction of sp³-hybridized carbons (Fsp3) is 0.261. The molecule has 33 heavy (non-hydrogen) atoms. The molecule has 0 unspecified atom stereocenters. The first-order chi connectivity index (χ1) is 16.3. The summed E-state index contributed by atoms with van der Waals surface area (Å²) in [6.45, 7) is 0.837. The van der Waals surface area contributed by atoms with E-state index in [9.17, 15) is 4.79 Å². The van der Waals surface area contributed by atoms with E-state index in [1.165, 1.54) is 4.68 Å². The van der Waals surface area contributed by atoms with Gasteiger partial charge in [0.05, 0.1) is 16.3 Å². The largest absolute Gasteiger partial charge is 0.333 e. The maximum atomic E-state index is 13.3. The van der Waals surface area contributed by atoms with Crippen LogP contribution in [0, 0.1) is 0 Å². The molecule has 2 aromatic heterocycles. The third kappa shape index (κ3) is 3.79. The molecule has 0 radical (unpaired) electrons. The van der Waals surface area contributed by atoms with Gasteiger partial charge in [-0.25, -0.2) is 4.98 Å². The van der Waals surface area contributed by atoms with E-state index in [-0.39, 0.29) is 5.56 Å². The van der Waals surface area contributed by atoms with Crippen molar-refractivity contribution < 1.29 is 4.52 Å². The third-order valence-electron chi connectivity index (χ3n) is 5.70. The lowest BCUT2D eigenvalue weighted by Crippen LogP contribution is -2.19. The molecule has 0 amide bonds. The lowest BCUT2D eigenvalue weighted by Gasteiger charge is -2.17. The van der Waals surface area contributed by atoms with Crippen LogP contribution in [0.3, 0.4) is 0 Å². The summed E-state index contributed by atoms with van der Waals surface area (Å²) in [7, 11) is 0. The highest BCUT2D eigenvalue weighted by molar-refractivity contribution is 7.98. The van der Waals surface area contributed by atoms with E-state index in [1.54, 1.807) is 23.1 Å². The smallest absolute Gasteiger partial charge is 0.284 e. The summed E-state index contributed by atoms with van der Waals surface area (Å²) in [6.07, 6.45) is 4.08. The molecule has 166 valence electrons. The quantitative estimate of drug-likeness (QED) is 0.269. The summed E-state index contributed by atoms with van der Waals surface area (Å²) in [4.78, 5) is 23.6. The first-order valence-electron chi connectivity index (χ1n) is 10.8. The van der Waals surface area contributed by atoms with E-state index in [1.807, 2.05) is 47.8 Å². The van der Waals surface area contributed by atoms with Gasteiger partial charge in [0.2, 0.25) is 0 Å². The number of aromatic nitrogens is 6. The summed E-state index contributed by atoms with van der Waals surface area (Å²) in [5.41, 5.74) is 2.30. The molecule has 0 atom stereocenters. The highest BCUT2D eigenvalue weighted by Gasteiger charge is 2.27. The minimum absolute atomic E-state index is 0.107. The van der Waals surface area contributed by atoms with Crippen molar-refractivity contribution >= 4 is 23.1 Å². The van der Waals surface area contributed by atoms with Crippen LogP contribution in [0.25, 0.3) is 27.8 Å². The van der Waals surface area contributed by atoms with Crippen molar-refractivity contribution in [2.75, 3.05) is 0 Å². The standard InChI is InChI=1S/C23H20N6O2S2/c30-22-19-16-10-5-2-6-12-28(16)23(25-20(19)26-29(22)15-8-3-1-4-9-15)33-14-18-24-21(31-27-18)17-11-7-13-32-17/h1,3-4,7-9,11,13H,2,5-6,10,12,14H2. The highest BCUT2D eigenvalue weighted by atomic mass is 32.2. The maximum Gasteiger partial charge on any atom is 0.284 e. The molecule has 0 spiro atoms. The summed E-state index contributed by atoms with van der Waals surface area (Å²) < 4.78 is 9.08. The molecule has 10 heteroatoms. The van der Waals surface area contributed by atoms with Crippen molar-refractivity contribution in [2.45, 2.75) is 43.1 Å². The number of thiophene rings is 1. The van der Waals surface area contributed by atoms with Crippen LogP contribution in [-0.4, -0.2) is 29.5 Å². The number of para-hydroxylation sites is 1. The summed E-state index contributed by atoms with van der Waals surface area (Å²) in [6, 6.07) is 13.4. The SMILES string of the molecule is O=c1c2c3n(c(SCc4noc(-c5cccs5)n4)nc-2nn1-c1ccccc1)CCCCC3. The molecule has 3 aliphatic heterocycles. The van der Waals surface area contributed by atoms with Crippen molar-refractivity contribution in [3.8, 4) is 27.8 Å². The van der Waals surface area contributed by atoms with Gasteiger partial charge in [-0.15, -0.1) is 16.4 Å². The van der Waals surface area contributed by atoms with Crippen molar-refractivity contribution in [1.82, 2.24) is 29.5 Å². The molecule has 8 nitrogen and oxygen atoms in total. The minimum Gasteiger partial charge on any atom is -0.333 e. The van der Waals surface area contributed by atoms with Gasteiger partial charge in [0.15, 0.2) is 16.8 Å². The molecule has 1 aromatic carbocycles. The van der Waals surface area contributed by atoms with Gasteiger partial charge in [-0.3, -0.25) is 4.79 Å². The van der Waals surface area contributed by atoms with Gasteiger partial charge in [-0.1, -0.05) is 47.6 Å². The average Bonchev–Trinajstić information content (AvgIpc) is 3.56. The lowest BCUT2D eigenvalue weighted by molar-refractivity contribution is 0.426. The van der Waals surface area contributed by atoms with Gasteiger partial charge < -0.3 is 9.09 Å². The van der Waals surface area contributed by atoms with Crippen LogP contribution in [0.5, 0.6) is 0 Å². The number of fused-ring (bicyclic) bond motifs is 3. The molecule has 6 rings (SSSR count). The number of hydrogen-bond donors (Lipinski definition) is 0. The van der Waals surface area contributed by atoms with Crippen LogP contribution in [-0.2, 0) is 18.7 Å². The molecular formula is C23H20N6O2S2. The van der Waals surface area contributed by atoms with Crippen molar-refractivity contribution in [2.24, 2.45) is 0 Å². The van der Waals surface area contributed by atoms with Crippen molar-refractivity contribution in [3.05, 3.63) is 69.7 Å². The second-order valence-electron chi connectivity index (χ2n) is 7.84. The van der Waals surface area contributed by atoms with Crippen LogP contribution in [0.4, 0.5) is 0 Å². The summed E-state index contributed by atoms with van der Waals surface area (Å²) >= 11 is 3.12. The zero-order chi connectivity index (χ0) is 22.2. The molecule has 0 saturated heterocycles. The Morgan fingerprint density at radius 2 is 1.97 bits per heavy atom. The molecule has 0 N–H and O–H groups in total. The topological polar surface area (TPSA) is 91.6 Å². The number of benzene rings is 1. The second kappa shape index (κ2) is 8.60. The van der Waals surface area contributed by atoms with E-state index >= 15 is 0 Å². The molecule has 5 heterocycles. The molecule has 0 saturated carbocycles. The fourth-order valence-electron chi connectivity index (χ4n) is 4.15. The van der Waals surface area contributed by atoms with Crippen LogP contribution >= 0.6 is 23.1 Å². The minimum atomic E-state index is -0.107. The van der Waals surface area contributed by atoms with Gasteiger partial charge in [-0.2, -0.15) is 9.67 Å². The van der Waals surface area contributed by atoms with Gasteiger partial charge in [-0.05, 0) is 42.8 Å². The molecule has 3 aromatic rings. The van der Waals surface area contributed by atoms with Crippen LogP contribution in [0.1, 0.15) is 30.8 Å². The Hall–Kier alpha value is -3.24. The number of thioether (sulfide) groups is 1. The summed E-state index contributed by atoms with van der Waals surface area (Å²) in [5.74, 6) is 2.17. The second-order valence-corrected chi connectivity index (χ2v) is 9.73. The van der Waals surface area contributed by atoms with E-state index in [0.29, 0.717) is 28.9 Å². The Labute approximate surface area is 197 Å². The van der Waals surface area contributed by atoms with Gasteiger partial charge in [0.25, 0.3) is 11.4 Å². The maximum absolute atomic E-state index is 13.3. The Morgan fingerprint density at radius 1 is 1.06 bits per heavy atom. The monoisotopic (exact) mass is 476 g/mol. The van der Waals surface area contributed by atoms with E-state index in [2.05, 4.69) is 19.8 Å². The fourth-order valence-corrected chi connectivity index (χ4v) is 5.68. The Kier molecular flexibility index (Phi) is 5.31. The first kappa shape index (κ1) is 20.4. The average molecular weight is 477 g/mol. The Bertz CT molecular complexity index is 1420. The van der Waals surface area contributed by atoms with E-state index in [0.717, 1.165) is 53.6 Å². The number of nitrogens with zero attached hydrogens (tertiary/aromatic N) is 6. The lowest BCUT2D eigenvalue weighted by atomic mass is 10.1. The highest BCUT2D eigenvalue weighted by Crippen LogP contribution is 2.32. The number of rotatable bonds is 5. The van der Waals surface area contributed by atoms with E-state index in [4.69, 9.17) is 9.51 Å². The normalized spacial score (nSPS) is 13.8. The first-order valence-corrected chi connectivity index (χ1v) is 12.7.